The summed E-state index contributed by atoms with van der Waals surface area (Å²) in [6, 6.07) is 14.1. The topological polar surface area (TPSA) is 54.9 Å². The molecular formula is C19H25N3O2. The fourth-order valence-corrected chi connectivity index (χ4v) is 2.23. The summed E-state index contributed by atoms with van der Waals surface area (Å²) < 4.78 is 10.9. The second kappa shape index (κ2) is 8.82. The monoisotopic (exact) mass is 327 g/mol. The Kier molecular flexibility index (Phi) is 6.49. The van der Waals surface area contributed by atoms with Crippen LogP contribution in [0.4, 0.5) is 5.69 Å². The largest absolute Gasteiger partial charge is 0.493 e. The number of nitrogens with one attached hydrogen (secondary N) is 2. The van der Waals surface area contributed by atoms with Crippen molar-refractivity contribution in [3.05, 3.63) is 53.6 Å². The highest BCUT2D eigenvalue weighted by Gasteiger charge is 2.07. The summed E-state index contributed by atoms with van der Waals surface area (Å²) in [5.74, 6) is 2.12. The molecule has 5 heteroatoms. The first kappa shape index (κ1) is 17.7. The third-order valence-electron chi connectivity index (χ3n) is 3.53. The van der Waals surface area contributed by atoms with E-state index in [1.165, 1.54) is 11.1 Å². The van der Waals surface area contributed by atoms with Crippen molar-refractivity contribution in [3.8, 4) is 11.5 Å². The first-order valence-electron chi connectivity index (χ1n) is 8.00. The molecule has 2 aromatic carbocycles. The average molecular weight is 327 g/mol. The molecule has 0 amide bonds. The van der Waals surface area contributed by atoms with Crippen LogP contribution in [0.2, 0.25) is 0 Å². The van der Waals surface area contributed by atoms with Crippen LogP contribution in [0, 0.1) is 6.92 Å². The SMILES string of the molecule is CCOc1ccc(NC(=NC)NCc2ccc(C)cc2)cc1OC. The van der Waals surface area contributed by atoms with Gasteiger partial charge in [-0.3, -0.25) is 4.99 Å². The molecule has 2 aromatic rings. The summed E-state index contributed by atoms with van der Waals surface area (Å²) in [6.07, 6.45) is 0. The molecule has 2 N–H and O–H groups in total. The smallest absolute Gasteiger partial charge is 0.195 e. The molecule has 0 aliphatic carbocycles. The Morgan fingerprint density at radius 1 is 1.08 bits per heavy atom. The highest BCUT2D eigenvalue weighted by molar-refractivity contribution is 5.93. The van der Waals surface area contributed by atoms with Gasteiger partial charge in [-0.25, -0.2) is 0 Å². The maximum Gasteiger partial charge on any atom is 0.195 e. The van der Waals surface area contributed by atoms with Crippen molar-refractivity contribution in [3.63, 3.8) is 0 Å². The van der Waals surface area contributed by atoms with E-state index in [0.717, 1.165) is 11.4 Å². The lowest BCUT2D eigenvalue weighted by Crippen LogP contribution is -2.30. The zero-order chi connectivity index (χ0) is 17.4. The third kappa shape index (κ3) is 4.91. The Labute approximate surface area is 143 Å². The zero-order valence-electron chi connectivity index (χ0n) is 14.7. The molecule has 0 heterocycles. The second-order valence-corrected chi connectivity index (χ2v) is 5.34. The summed E-state index contributed by atoms with van der Waals surface area (Å²) in [5.41, 5.74) is 3.34. The predicted molar refractivity (Wildman–Crippen MR) is 99.2 cm³/mol. The number of nitrogens with zero attached hydrogens (tertiary/aromatic N) is 1. The summed E-state index contributed by atoms with van der Waals surface area (Å²) in [5, 5.41) is 6.56. The van der Waals surface area contributed by atoms with Gasteiger partial charge in [0.15, 0.2) is 17.5 Å². The van der Waals surface area contributed by atoms with Crippen molar-refractivity contribution in [2.24, 2.45) is 4.99 Å². The Morgan fingerprint density at radius 2 is 1.83 bits per heavy atom. The molecule has 0 saturated carbocycles. The van der Waals surface area contributed by atoms with E-state index in [4.69, 9.17) is 9.47 Å². The normalized spacial score (nSPS) is 11.1. The predicted octanol–water partition coefficient (Wildman–Crippen LogP) is 3.59. The van der Waals surface area contributed by atoms with Gasteiger partial charge in [-0.05, 0) is 31.5 Å². The van der Waals surface area contributed by atoms with Crippen molar-refractivity contribution in [1.82, 2.24) is 5.32 Å². The van der Waals surface area contributed by atoms with E-state index in [1.54, 1.807) is 14.2 Å². The van der Waals surface area contributed by atoms with Crippen LogP contribution in [0.1, 0.15) is 18.1 Å². The number of aryl methyl sites for hydroxylation is 1. The summed E-state index contributed by atoms with van der Waals surface area (Å²) in [6.45, 7) is 5.33. The minimum Gasteiger partial charge on any atom is -0.493 e. The lowest BCUT2D eigenvalue weighted by atomic mass is 10.1. The van der Waals surface area contributed by atoms with Gasteiger partial charge in [0.25, 0.3) is 0 Å². The number of rotatable bonds is 6. The molecule has 0 radical (unpaired) electrons. The van der Waals surface area contributed by atoms with E-state index in [0.29, 0.717) is 24.9 Å². The first-order valence-corrected chi connectivity index (χ1v) is 8.00. The van der Waals surface area contributed by atoms with Crippen molar-refractivity contribution < 1.29 is 9.47 Å². The molecule has 0 spiro atoms. The van der Waals surface area contributed by atoms with Crippen molar-refractivity contribution in [2.75, 3.05) is 26.1 Å². The van der Waals surface area contributed by atoms with Gasteiger partial charge in [-0.2, -0.15) is 0 Å². The van der Waals surface area contributed by atoms with Gasteiger partial charge >= 0.3 is 0 Å². The van der Waals surface area contributed by atoms with Crippen LogP contribution in [-0.4, -0.2) is 26.7 Å². The molecule has 0 fully saturated rings. The van der Waals surface area contributed by atoms with E-state index >= 15 is 0 Å². The van der Waals surface area contributed by atoms with Gasteiger partial charge in [-0.1, -0.05) is 29.8 Å². The number of hydrogen-bond acceptors (Lipinski definition) is 3. The van der Waals surface area contributed by atoms with Gasteiger partial charge in [-0.15, -0.1) is 0 Å². The Bertz CT molecular complexity index is 682. The first-order chi connectivity index (χ1) is 11.7. The van der Waals surface area contributed by atoms with Gasteiger partial charge < -0.3 is 20.1 Å². The van der Waals surface area contributed by atoms with Gasteiger partial charge in [0, 0.05) is 25.3 Å². The highest BCUT2D eigenvalue weighted by atomic mass is 16.5. The second-order valence-electron chi connectivity index (χ2n) is 5.34. The molecular weight excluding hydrogens is 302 g/mol. The van der Waals surface area contributed by atoms with Crippen LogP contribution >= 0.6 is 0 Å². The van der Waals surface area contributed by atoms with E-state index < -0.39 is 0 Å². The van der Waals surface area contributed by atoms with Crippen molar-refractivity contribution >= 4 is 11.6 Å². The number of guanidine groups is 1. The molecule has 128 valence electrons. The van der Waals surface area contributed by atoms with E-state index in [-0.39, 0.29) is 0 Å². The number of anilines is 1. The fraction of sp³-hybridized carbons (Fsp3) is 0.316. The standard InChI is InChI=1S/C19H25N3O2/c1-5-24-17-11-10-16(12-18(17)23-4)22-19(20-3)21-13-15-8-6-14(2)7-9-15/h6-12H,5,13H2,1-4H3,(H2,20,21,22). The number of hydrogen-bond donors (Lipinski definition) is 2. The van der Waals surface area contributed by atoms with Gasteiger partial charge in [0.2, 0.25) is 0 Å². The van der Waals surface area contributed by atoms with E-state index in [9.17, 15) is 0 Å². The Balaban J connectivity index is 2.00. The maximum absolute atomic E-state index is 5.53. The molecule has 0 aliphatic rings. The lowest BCUT2D eigenvalue weighted by molar-refractivity contribution is 0.311. The van der Waals surface area contributed by atoms with Crippen molar-refractivity contribution in [1.29, 1.82) is 0 Å². The Morgan fingerprint density at radius 3 is 2.46 bits per heavy atom. The molecule has 0 unspecified atom stereocenters. The van der Waals surface area contributed by atoms with Crippen LogP contribution < -0.4 is 20.1 Å². The average Bonchev–Trinajstić information content (AvgIpc) is 2.61. The Hall–Kier alpha value is -2.69. The summed E-state index contributed by atoms with van der Waals surface area (Å²) in [4.78, 5) is 4.25. The molecule has 0 bridgehead atoms. The minimum absolute atomic E-state index is 0.600. The maximum atomic E-state index is 5.53. The molecule has 24 heavy (non-hydrogen) atoms. The molecule has 5 nitrogen and oxygen atoms in total. The number of benzene rings is 2. The van der Waals surface area contributed by atoms with E-state index in [1.807, 2.05) is 25.1 Å². The lowest BCUT2D eigenvalue weighted by Gasteiger charge is -2.14. The zero-order valence-corrected chi connectivity index (χ0v) is 14.7. The number of methoxy groups -OCH3 is 1. The fourth-order valence-electron chi connectivity index (χ4n) is 2.23. The highest BCUT2D eigenvalue weighted by Crippen LogP contribution is 2.30. The van der Waals surface area contributed by atoms with Crippen molar-refractivity contribution in [2.45, 2.75) is 20.4 Å². The van der Waals surface area contributed by atoms with Gasteiger partial charge in [0.1, 0.15) is 0 Å². The van der Waals surface area contributed by atoms with Crippen LogP contribution in [0.15, 0.2) is 47.5 Å². The quantitative estimate of drug-likeness (QED) is 0.629. The molecule has 0 aliphatic heterocycles. The number of ether oxygens (including phenoxy) is 2. The molecule has 0 aromatic heterocycles. The summed E-state index contributed by atoms with van der Waals surface area (Å²) >= 11 is 0. The molecule has 0 atom stereocenters. The van der Waals surface area contributed by atoms with Crippen LogP contribution in [-0.2, 0) is 6.54 Å². The third-order valence-corrected chi connectivity index (χ3v) is 3.53. The molecule has 2 rings (SSSR count). The minimum atomic E-state index is 0.600. The summed E-state index contributed by atoms with van der Waals surface area (Å²) in [7, 11) is 3.38. The van der Waals surface area contributed by atoms with Crippen LogP contribution in [0.25, 0.3) is 0 Å². The molecule has 0 saturated heterocycles. The number of aliphatic imine (C=N–C) groups is 1. The van der Waals surface area contributed by atoms with Crippen LogP contribution in [0.3, 0.4) is 0 Å². The van der Waals surface area contributed by atoms with Gasteiger partial charge in [0.05, 0.1) is 13.7 Å². The van der Waals surface area contributed by atoms with E-state index in [2.05, 4.69) is 46.8 Å². The van der Waals surface area contributed by atoms with Crippen LogP contribution in [0.5, 0.6) is 11.5 Å².